The van der Waals surface area contributed by atoms with Crippen molar-refractivity contribution in [2.24, 2.45) is 4.99 Å². The summed E-state index contributed by atoms with van der Waals surface area (Å²) >= 11 is 1.22. The Labute approximate surface area is 184 Å². The highest BCUT2D eigenvalue weighted by Gasteiger charge is 2.27. The molecular formula is C17H32IN5O2S2. The molecule has 1 unspecified atom stereocenters. The Morgan fingerprint density at radius 1 is 1.37 bits per heavy atom. The lowest BCUT2D eigenvalue weighted by molar-refractivity contribution is 0.223. The van der Waals surface area contributed by atoms with Crippen LogP contribution in [0, 0.1) is 0 Å². The van der Waals surface area contributed by atoms with Crippen molar-refractivity contribution in [3.05, 3.63) is 17.5 Å². The van der Waals surface area contributed by atoms with Gasteiger partial charge in [0, 0.05) is 32.2 Å². The number of aliphatic imine (C=N–C) groups is 1. The van der Waals surface area contributed by atoms with Gasteiger partial charge < -0.3 is 10.2 Å². The summed E-state index contributed by atoms with van der Waals surface area (Å²) in [4.78, 5) is 9.38. The van der Waals surface area contributed by atoms with Crippen LogP contribution in [0.25, 0.3) is 0 Å². The van der Waals surface area contributed by atoms with E-state index in [0.717, 1.165) is 45.1 Å². The molecule has 0 radical (unpaired) electrons. The first-order chi connectivity index (χ1) is 12.5. The van der Waals surface area contributed by atoms with Crippen molar-refractivity contribution in [2.45, 2.75) is 37.4 Å². The Morgan fingerprint density at radius 2 is 2.11 bits per heavy atom. The van der Waals surface area contributed by atoms with Crippen molar-refractivity contribution < 1.29 is 8.42 Å². The number of hydrogen-bond donors (Lipinski definition) is 2. The number of nitrogens with one attached hydrogen (secondary N) is 2. The smallest absolute Gasteiger partial charge is 0.250 e. The van der Waals surface area contributed by atoms with E-state index in [4.69, 9.17) is 0 Å². The molecule has 0 aliphatic carbocycles. The van der Waals surface area contributed by atoms with Crippen LogP contribution < -0.4 is 10.0 Å². The van der Waals surface area contributed by atoms with E-state index in [1.54, 1.807) is 17.5 Å². The molecule has 1 fully saturated rings. The SMILES string of the molecule is CCNC(=NCCNS(=O)(=O)c1cccs1)N1CCC(N(CC)CC)C1.I. The molecule has 0 bridgehead atoms. The van der Waals surface area contributed by atoms with Crippen molar-refractivity contribution in [3.8, 4) is 0 Å². The standard InChI is InChI=1S/C17H31N5O2S2.HI/c1-4-18-17(22-12-9-15(14-22)21(5-2)6-3)19-10-11-20-26(23,24)16-8-7-13-25-16;/h7-8,13,15,20H,4-6,9-12,14H2,1-3H3,(H,18,19);1H. The molecule has 156 valence electrons. The van der Waals surface area contributed by atoms with E-state index < -0.39 is 10.0 Å². The number of guanidine groups is 1. The summed E-state index contributed by atoms with van der Waals surface area (Å²) in [7, 11) is -3.41. The van der Waals surface area contributed by atoms with Gasteiger partial charge in [-0.15, -0.1) is 35.3 Å². The minimum Gasteiger partial charge on any atom is -0.357 e. The van der Waals surface area contributed by atoms with Crippen LogP contribution in [0.4, 0.5) is 0 Å². The van der Waals surface area contributed by atoms with E-state index in [2.05, 4.69) is 38.7 Å². The van der Waals surface area contributed by atoms with Gasteiger partial charge in [-0.25, -0.2) is 13.1 Å². The second-order valence-corrected chi connectivity index (χ2v) is 9.12. The highest BCUT2D eigenvalue weighted by molar-refractivity contribution is 14.0. The second kappa shape index (κ2) is 12.2. The lowest BCUT2D eigenvalue weighted by Crippen LogP contribution is -2.43. The molecule has 2 heterocycles. The fourth-order valence-corrected chi connectivity index (χ4v) is 5.29. The zero-order valence-electron chi connectivity index (χ0n) is 16.3. The number of halogens is 1. The average Bonchev–Trinajstić information content (AvgIpc) is 3.31. The molecule has 0 amide bonds. The number of thiophene rings is 1. The molecule has 7 nitrogen and oxygen atoms in total. The van der Waals surface area contributed by atoms with Crippen LogP contribution in [0.2, 0.25) is 0 Å². The van der Waals surface area contributed by atoms with Crippen LogP contribution in [-0.4, -0.2) is 76.0 Å². The van der Waals surface area contributed by atoms with Crippen LogP contribution in [0.15, 0.2) is 26.7 Å². The van der Waals surface area contributed by atoms with Gasteiger partial charge in [-0.1, -0.05) is 19.9 Å². The predicted octanol–water partition coefficient (Wildman–Crippen LogP) is 2.03. The molecule has 1 atom stereocenters. The third-order valence-electron chi connectivity index (χ3n) is 4.55. The van der Waals surface area contributed by atoms with E-state index in [0.29, 0.717) is 23.3 Å². The molecule has 2 N–H and O–H groups in total. The molecule has 1 aromatic rings. The zero-order chi connectivity index (χ0) is 19.0. The zero-order valence-corrected chi connectivity index (χ0v) is 20.3. The maximum Gasteiger partial charge on any atom is 0.250 e. The highest BCUT2D eigenvalue weighted by atomic mass is 127. The summed E-state index contributed by atoms with van der Waals surface area (Å²) in [5.41, 5.74) is 0. The van der Waals surface area contributed by atoms with Gasteiger partial charge in [0.25, 0.3) is 0 Å². The van der Waals surface area contributed by atoms with E-state index in [1.165, 1.54) is 11.3 Å². The predicted molar refractivity (Wildman–Crippen MR) is 124 cm³/mol. The number of likely N-dealkylation sites (tertiary alicyclic amines) is 1. The van der Waals surface area contributed by atoms with Crippen LogP contribution in [0.3, 0.4) is 0 Å². The van der Waals surface area contributed by atoms with Crippen LogP contribution in [-0.2, 0) is 10.0 Å². The second-order valence-electron chi connectivity index (χ2n) is 6.18. The summed E-state index contributed by atoms with van der Waals surface area (Å²) in [6.07, 6.45) is 1.14. The Balaban J connectivity index is 0.00000364. The van der Waals surface area contributed by atoms with Crippen molar-refractivity contribution in [2.75, 3.05) is 45.8 Å². The number of sulfonamides is 1. The molecule has 27 heavy (non-hydrogen) atoms. The number of likely N-dealkylation sites (N-methyl/N-ethyl adjacent to an activating group) is 1. The first-order valence-corrected chi connectivity index (χ1v) is 11.7. The van der Waals surface area contributed by atoms with Crippen molar-refractivity contribution >= 4 is 51.3 Å². The van der Waals surface area contributed by atoms with Gasteiger partial charge in [0.05, 0.1) is 6.54 Å². The summed E-state index contributed by atoms with van der Waals surface area (Å²) in [6.45, 7) is 12.0. The molecule has 10 heteroatoms. The average molecular weight is 530 g/mol. The van der Waals surface area contributed by atoms with Crippen LogP contribution >= 0.6 is 35.3 Å². The molecule has 2 rings (SSSR count). The maximum absolute atomic E-state index is 12.1. The fourth-order valence-electron chi connectivity index (χ4n) is 3.23. The van der Waals surface area contributed by atoms with E-state index in [1.807, 2.05) is 6.92 Å². The molecule has 0 saturated carbocycles. The molecular weight excluding hydrogens is 497 g/mol. The monoisotopic (exact) mass is 529 g/mol. The van der Waals surface area contributed by atoms with E-state index in [-0.39, 0.29) is 24.0 Å². The van der Waals surface area contributed by atoms with Gasteiger partial charge in [-0.2, -0.15) is 0 Å². The molecule has 0 spiro atoms. The van der Waals surface area contributed by atoms with Gasteiger partial charge >= 0.3 is 0 Å². The first-order valence-electron chi connectivity index (χ1n) is 9.32. The van der Waals surface area contributed by atoms with E-state index >= 15 is 0 Å². The summed E-state index contributed by atoms with van der Waals surface area (Å²) < 4.78 is 27.2. The van der Waals surface area contributed by atoms with Crippen LogP contribution in [0.1, 0.15) is 27.2 Å². The van der Waals surface area contributed by atoms with Gasteiger partial charge in [0.1, 0.15) is 4.21 Å². The highest BCUT2D eigenvalue weighted by Crippen LogP contribution is 2.16. The minimum atomic E-state index is -3.41. The van der Waals surface area contributed by atoms with Crippen molar-refractivity contribution in [3.63, 3.8) is 0 Å². The van der Waals surface area contributed by atoms with Gasteiger partial charge in [0.2, 0.25) is 10.0 Å². The Bertz CT molecular complexity index is 663. The Morgan fingerprint density at radius 3 is 2.70 bits per heavy atom. The molecule has 1 aliphatic rings. The maximum atomic E-state index is 12.1. The van der Waals surface area contributed by atoms with Gasteiger partial charge in [0.15, 0.2) is 5.96 Å². The Kier molecular flexibility index (Phi) is 11.1. The minimum absolute atomic E-state index is 0. The van der Waals surface area contributed by atoms with Crippen LogP contribution in [0.5, 0.6) is 0 Å². The third-order valence-corrected chi connectivity index (χ3v) is 7.41. The summed E-state index contributed by atoms with van der Waals surface area (Å²) in [6, 6.07) is 3.91. The molecule has 0 aromatic carbocycles. The first kappa shape index (κ1) is 24.6. The molecule has 1 aliphatic heterocycles. The normalized spacial score (nSPS) is 18.0. The largest absolute Gasteiger partial charge is 0.357 e. The fraction of sp³-hybridized carbons (Fsp3) is 0.706. The van der Waals surface area contributed by atoms with Crippen molar-refractivity contribution in [1.82, 2.24) is 19.8 Å². The number of nitrogens with zero attached hydrogens (tertiary/aromatic N) is 3. The topological polar surface area (TPSA) is 77.0 Å². The van der Waals surface area contributed by atoms with Crippen molar-refractivity contribution in [1.29, 1.82) is 0 Å². The summed E-state index contributed by atoms with van der Waals surface area (Å²) in [5, 5.41) is 5.09. The number of hydrogen-bond acceptors (Lipinski definition) is 5. The van der Waals surface area contributed by atoms with Gasteiger partial charge in [-0.05, 0) is 37.9 Å². The van der Waals surface area contributed by atoms with E-state index in [9.17, 15) is 8.42 Å². The quantitative estimate of drug-likeness (QED) is 0.222. The Hall–Kier alpha value is -0.430. The third kappa shape index (κ3) is 7.15. The lowest BCUT2D eigenvalue weighted by atomic mass is 10.2. The lowest BCUT2D eigenvalue weighted by Gasteiger charge is -2.27. The molecule has 1 aromatic heterocycles. The summed E-state index contributed by atoms with van der Waals surface area (Å²) in [5.74, 6) is 0.873. The number of rotatable bonds is 9. The van der Waals surface area contributed by atoms with Gasteiger partial charge in [-0.3, -0.25) is 9.89 Å². The molecule has 1 saturated heterocycles.